The standard InChI is InChI=1S/C20H25N3O/c1-21-19(22-14-16-8-4-3-5-9-16)23-15-20(12-13-20)17-10-6-7-11-18(17)24-2/h3-11H,12-15H2,1-2H3,(H2,21,22,23). The van der Waals surface area contributed by atoms with Crippen LogP contribution < -0.4 is 15.4 Å². The van der Waals surface area contributed by atoms with Gasteiger partial charge in [0.25, 0.3) is 0 Å². The van der Waals surface area contributed by atoms with E-state index in [1.54, 1.807) is 7.11 Å². The van der Waals surface area contributed by atoms with Crippen LogP contribution in [0.3, 0.4) is 0 Å². The van der Waals surface area contributed by atoms with Crippen LogP contribution in [0.5, 0.6) is 5.75 Å². The molecule has 0 amide bonds. The zero-order valence-corrected chi connectivity index (χ0v) is 14.4. The first-order valence-corrected chi connectivity index (χ1v) is 8.39. The van der Waals surface area contributed by atoms with Gasteiger partial charge in [0.2, 0.25) is 0 Å². The first kappa shape index (κ1) is 16.4. The quantitative estimate of drug-likeness (QED) is 0.634. The molecule has 2 aromatic rings. The van der Waals surface area contributed by atoms with E-state index in [0.29, 0.717) is 0 Å². The third-order valence-corrected chi connectivity index (χ3v) is 4.65. The van der Waals surface area contributed by atoms with E-state index in [0.717, 1.165) is 24.8 Å². The summed E-state index contributed by atoms with van der Waals surface area (Å²) in [5.74, 6) is 1.81. The van der Waals surface area contributed by atoms with Crippen LogP contribution in [0.25, 0.3) is 0 Å². The van der Waals surface area contributed by atoms with Crippen LogP contribution in [0.2, 0.25) is 0 Å². The average Bonchev–Trinajstić information content (AvgIpc) is 3.44. The van der Waals surface area contributed by atoms with Crippen LogP contribution >= 0.6 is 0 Å². The molecule has 126 valence electrons. The fourth-order valence-electron chi connectivity index (χ4n) is 3.03. The number of guanidine groups is 1. The van der Waals surface area contributed by atoms with Crippen LogP contribution in [0.15, 0.2) is 59.6 Å². The van der Waals surface area contributed by atoms with Gasteiger partial charge in [-0.15, -0.1) is 0 Å². The van der Waals surface area contributed by atoms with E-state index in [1.807, 2.05) is 37.4 Å². The van der Waals surface area contributed by atoms with Crippen molar-refractivity contribution in [2.45, 2.75) is 24.8 Å². The molecule has 2 aromatic carbocycles. The Kier molecular flexibility index (Phi) is 5.04. The van der Waals surface area contributed by atoms with Crippen LogP contribution in [0.4, 0.5) is 0 Å². The van der Waals surface area contributed by atoms with Gasteiger partial charge in [0, 0.05) is 31.1 Å². The first-order chi connectivity index (χ1) is 11.8. The highest BCUT2D eigenvalue weighted by atomic mass is 16.5. The van der Waals surface area contributed by atoms with Crippen molar-refractivity contribution in [2.75, 3.05) is 20.7 Å². The molecule has 0 spiro atoms. The molecule has 2 N–H and O–H groups in total. The summed E-state index contributed by atoms with van der Waals surface area (Å²) >= 11 is 0. The summed E-state index contributed by atoms with van der Waals surface area (Å²) < 4.78 is 5.54. The van der Waals surface area contributed by atoms with E-state index >= 15 is 0 Å². The van der Waals surface area contributed by atoms with Crippen molar-refractivity contribution in [3.63, 3.8) is 0 Å². The van der Waals surface area contributed by atoms with Crippen molar-refractivity contribution in [3.05, 3.63) is 65.7 Å². The molecular weight excluding hydrogens is 298 g/mol. The summed E-state index contributed by atoms with van der Waals surface area (Å²) in [7, 11) is 3.55. The number of ether oxygens (including phenoxy) is 1. The Morgan fingerprint density at radius 2 is 1.75 bits per heavy atom. The molecule has 0 bridgehead atoms. The van der Waals surface area contributed by atoms with Gasteiger partial charge >= 0.3 is 0 Å². The van der Waals surface area contributed by atoms with Gasteiger partial charge in [-0.05, 0) is 24.5 Å². The van der Waals surface area contributed by atoms with Crippen molar-refractivity contribution in [1.29, 1.82) is 0 Å². The second-order valence-corrected chi connectivity index (χ2v) is 6.25. The fourth-order valence-corrected chi connectivity index (χ4v) is 3.03. The Morgan fingerprint density at radius 3 is 2.42 bits per heavy atom. The zero-order chi connectivity index (χ0) is 16.8. The van der Waals surface area contributed by atoms with Gasteiger partial charge < -0.3 is 15.4 Å². The zero-order valence-electron chi connectivity index (χ0n) is 14.4. The molecule has 0 heterocycles. The third-order valence-electron chi connectivity index (χ3n) is 4.65. The van der Waals surface area contributed by atoms with Gasteiger partial charge in [-0.25, -0.2) is 0 Å². The summed E-state index contributed by atoms with van der Waals surface area (Å²) in [6.45, 7) is 1.63. The fraction of sp³-hybridized carbons (Fsp3) is 0.350. The SMILES string of the molecule is CN=C(NCc1ccccc1)NCC1(c2ccccc2OC)CC1. The molecular formula is C20H25N3O. The number of hydrogen-bond donors (Lipinski definition) is 2. The summed E-state index contributed by atoms with van der Waals surface area (Å²) in [5, 5.41) is 6.85. The molecule has 24 heavy (non-hydrogen) atoms. The highest BCUT2D eigenvalue weighted by Crippen LogP contribution is 2.50. The number of para-hydroxylation sites is 1. The highest BCUT2D eigenvalue weighted by Gasteiger charge is 2.45. The lowest BCUT2D eigenvalue weighted by Crippen LogP contribution is -2.41. The normalized spacial score (nSPS) is 15.7. The van der Waals surface area contributed by atoms with Crippen molar-refractivity contribution >= 4 is 5.96 Å². The number of rotatable bonds is 6. The molecule has 4 heteroatoms. The summed E-state index contributed by atoms with van der Waals surface area (Å²) in [6.07, 6.45) is 2.35. The smallest absolute Gasteiger partial charge is 0.191 e. The molecule has 0 radical (unpaired) electrons. The number of nitrogens with zero attached hydrogens (tertiary/aromatic N) is 1. The topological polar surface area (TPSA) is 45.7 Å². The lowest BCUT2D eigenvalue weighted by Gasteiger charge is -2.21. The van der Waals surface area contributed by atoms with Crippen molar-refractivity contribution < 1.29 is 4.74 Å². The van der Waals surface area contributed by atoms with Gasteiger partial charge in [0.15, 0.2) is 5.96 Å². The third kappa shape index (κ3) is 3.70. The molecule has 0 aromatic heterocycles. The lowest BCUT2D eigenvalue weighted by molar-refractivity contribution is 0.403. The number of aliphatic imine (C=N–C) groups is 1. The minimum absolute atomic E-state index is 0.164. The maximum Gasteiger partial charge on any atom is 0.191 e. The molecule has 0 saturated heterocycles. The predicted octanol–water partition coefficient (Wildman–Crippen LogP) is 3.09. The molecule has 3 rings (SSSR count). The second-order valence-electron chi connectivity index (χ2n) is 6.25. The minimum Gasteiger partial charge on any atom is -0.496 e. The van der Waals surface area contributed by atoms with Gasteiger partial charge in [-0.2, -0.15) is 0 Å². The maximum absolute atomic E-state index is 5.54. The predicted molar refractivity (Wildman–Crippen MR) is 98.5 cm³/mol. The van der Waals surface area contributed by atoms with Crippen molar-refractivity contribution in [2.24, 2.45) is 4.99 Å². The van der Waals surface area contributed by atoms with Crippen molar-refractivity contribution in [3.8, 4) is 5.75 Å². The van der Waals surface area contributed by atoms with Gasteiger partial charge in [0.05, 0.1) is 7.11 Å². The van der Waals surface area contributed by atoms with E-state index in [2.05, 4.69) is 39.9 Å². The van der Waals surface area contributed by atoms with Gasteiger partial charge in [0.1, 0.15) is 5.75 Å². The van der Waals surface area contributed by atoms with E-state index < -0.39 is 0 Å². The minimum atomic E-state index is 0.164. The molecule has 1 fully saturated rings. The number of benzene rings is 2. The van der Waals surface area contributed by atoms with E-state index in [1.165, 1.54) is 24.0 Å². The van der Waals surface area contributed by atoms with Gasteiger partial charge in [-0.1, -0.05) is 48.5 Å². The van der Waals surface area contributed by atoms with Crippen LogP contribution in [0.1, 0.15) is 24.0 Å². The Balaban J connectivity index is 1.59. The van der Waals surface area contributed by atoms with E-state index in [-0.39, 0.29) is 5.41 Å². The van der Waals surface area contributed by atoms with Crippen LogP contribution in [-0.4, -0.2) is 26.7 Å². The molecule has 1 aliphatic rings. The number of hydrogen-bond acceptors (Lipinski definition) is 2. The van der Waals surface area contributed by atoms with Crippen LogP contribution in [0, 0.1) is 0 Å². The Morgan fingerprint density at radius 1 is 1.04 bits per heavy atom. The van der Waals surface area contributed by atoms with Gasteiger partial charge in [-0.3, -0.25) is 4.99 Å². The Bertz CT molecular complexity index is 693. The molecule has 0 unspecified atom stereocenters. The maximum atomic E-state index is 5.54. The Labute approximate surface area is 144 Å². The number of nitrogens with one attached hydrogen (secondary N) is 2. The Hall–Kier alpha value is -2.49. The van der Waals surface area contributed by atoms with Crippen LogP contribution in [-0.2, 0) is 12.0 Å². The van der Waals surface area contributed by atoms with E-state index in [9.17, 15) is 0 Å². The largest absolute Gasteiger partial charge is 0.496 e. The lowest BCUT2D eigenvalue weighted by atomic mass is 9.95. The highest BCUT2D eigenvalue weighted by molar-refractivity contribution is 5.79. The molecule has 1 aliphatic carbocycles. The monoisotopic (exact) mass is 323 g/mol. The summed E-state index contributed by atoms with van der Waals surface area (Å²) in [5.41, 5.74) is 2.70. The number of methoxy groups -OCH3 is 1. The average molecular weight is 323 g/mol. The molecule has 0 atom stereocenters. The van der Waals surface area contributed by atoms with E-state index in [4.69, 9.17) is 4.74 Å². The summed E-state index contributed by atoms with van der Waals surface area (Å²) in [6, 6.07) is 18.7. The van der Waals surface area contributed by atoms with Crippen molar-refractivity contribution in [1.82, 2.24) is 10.6 Å². The molecule has 0 aliphatic heterocycles. The summed E-state index contributed by atoms with van der Waals surface area (Å²) in [4.78, 5) is 4.33. The molecule has 4 nitrogen and oxygen atoms in total. The molecule has 1 saturated carbocycles. The first-order valence-electron chi connectivity index (χ1n) is 8.39. The second kappa shape index (κ2) is 7.39.